The fourth-order valence-electron chi connectivity index (χ4n) is 1.36. The summed E-state index contributed by atoms with van der Waals surface area (Å²) < 4.78 is 22.5. The van der Waals surface area contributed by atoms with Crippen LogP contribution in [0.1, 0.15) is 27.6 Å². The van der Waals surface area contributed by atoms with Crippen molar-refractivity contribution < 1.29 is 23.1 Å². The largest absolute Gasteiger partial charge is 0.478 e. The van der Waals surface area contributed by atoms with E-state index < -0.39 is 21.7 Å². The highest BCUT2D eigenvalue weighted by atomic mass is 32.2. The first kappa shape index (κ1) is 15.2. The molecule has 7 heteroatoms. The van der Waals surface area contributed by atoms with E-state index in [9.17, 15) is 18.0 Å². The van der Waals surface area contributed by atoms with Crippen LogP contribution in [0.4, 0.5) is 0 Å². The van der Waals surface area contributed by atoms with Crippen molar-refractivity contribution in [1.82, 2.24) is 5.32 Å². The Hall–Kier alpha value is -1.89. The SMILES string of the molecule is CCS(=O)(=O)CCNC(=O)c1cccc(C(=O)O)c1. The summed E-state index contributed by atoms with van der Waals surface area (Å²) in [6, 6.07) is 5.55. The fourth-order valence-corrected chi connectivity index (χ4v) is 2.06. The topological polar surface area (TPSA) is 101 Å². The molecule has 6 nitrogen and oxygen atoms in total. The molecule has 104 valence electrons. The molecule has 0 saturated carbocycles. The van der Waals surface area contributed by atoms with Gasteiger partial charge in [0.1, 0.15) is 0 Å². The van der Waals surface area contributed by atoms with Crippen LogP contribution < -0.4 is 5.32 Å². The highest BCUT2D eigenvalue weighted by Crippen LogP contribution is 2.05. The molecule has 1 amide bonds. The number of amides is 1. The second-order valence-corrected chi connectivity index (χ2v) is 6.35. The zero-order chi connectivity index (χ0) is 14.5. The van der Waals surface area contributed by atoms with Gasteiger partial charge in [-0.25, -0.2) is 13.2 Å². The van der Waals surface area contributed by atoms with Crippen molar-refractivity contribution in [1.29, 1.82) is 0 Å². The van der Waals surface area contributed by atoms with Gasteiger partial charge in [-0.1, -0.05) is 13.0 Å². The molecule has 0 spiro atoms. The molecular formula is C12H15NO5S. The summed E-state index contributed by atoms with van der Waals surface area (Å²) in [5.41, 5.74) is 0.197. The number of hydrogen-bond acceptors (Lipinski definition) is 4. The second kappa shape index (κ2) is 6.33. The Morgan fingerprint density at radius 2 is 1.89 bits per heavy atom. The van der Waals surface area contributed by atoms with Crippen molar-refractivity contribution in [2.45, 2.75) is 6.92 Å². The van der Waals surface area contributed by atoms with Gasteiger partial charge in [0.05, 0.1) is 11.3 Å². The molecule has 0 aromatic heterocycles. The Kier molecular flexibility index (Phi) is 5.05. The third-order valence-corrected chi connectivity index (χ3v) is 4.22. The molecule has 0 aliphatic heterocycles. The maximum Gasteiger partial charge on any atom is 0.335 e. The van der Waals surface area contributed by atoms with E-state index in [1.807, 2.05) is 0 Å². The zero-order valence-electron chi connectivity index (χ0n) is 10.4. The summed E-state index contributed by atoms with van der Waals surface area (Å²) in [5.74, 6) is -1.72. The summed E-state index contributed by atoms with van der Waals surface area (Å²) in [6.45, 7) is 1.54. The lowest BCUT2D eigenvalue weighted by atomic mass is 10.1. The molecule has 0 saturated heterocycles. The Labute approximate surface area is 111 Å². The van der Waals surface area contributed by atoms with Gasteiger partial charge in [-0.05, 0) is 18.2 Å². The lowest BCUT2D eigenvalue weighted by molar-refractivity contribution is 0.0697. The van der Waals surface area contributed by atoms with E-state index in [0.717, 1.165) is 0 Å². The summed E-state index contributed by atoms with van der Waals surface area (Å²) in [6.07, 6.45) is 0. The number of carbonyl (C=O) groups excluding carboxylic acids is 1. The quantitative estimate of drug-likeness (QED) is 0.795. The Balaban J connectivity index is 2.64. The highest BCUT2D eigenvalue weighted by molar-refractivity contribution is 7.91. The molecule has 0 aliphatic carbocycles. The number of rotatable bonds is 6. The molecule has 0 bridgehead atoms. The lowest BCUT2D eigenvalue weighted by Gasteiger charge is -2.05. The van der Waals surface area contributed by atoms with E-state index in [0.29, 0.717) is 0 Å². The first-order chi connectivity index (χ1) is 8.85. The molecule has 1 rings (SSSR count). The number of sulfone groups is 1. The van der Waals surface area contributed by atoms with Crippen molar-refractivity contribution in [3.05, 3.63) is 35.4 Å². The average Bonchev–Trinajstić information content (AvgIpc) is 2.38. The van der Waals surface area contributed by atoms with Crippen LogP contribution in [0.2, 0.25) is 0 Å². The number of aromatic carboxylic acids is 1. The Bertz CT molecular complexity index is 580. The normalized spacial score (nSPS) is 11.0. The molecule has 1 aromatic carbocycles. The number of hydrogen-bond donors (Lipinski definition) is 2. The van der Waals surface area contributed by atoms with Crippen molar-refractivity contribution in [3.8, 4) is 0 Å². The molecule has 0 aliphatic rings. The summed E-state index contributed by atoms with van der Waals surface area (Å²) in [5, 5.41) is 11.2. The van der Waals surface area contributed by atoms with E-state index in [4.69, 9.17) is 5.11 Å². The van der Waals surface area contributed by atoms with Gasteiger partial charge in [0.15, 0.2) is 9.84 Å². The number of carbonyl (C=O) groups is 2. The predicted molar refractivity (Wildman–Crippen MR) is 70.1 cm³/mol. The minimum Gasteiger partial charge on any atom is -0.478 e. The van der Waals surface area contributed by atoms with E-state index in [1.165, 1.54) is 31.2 Å². The summed E-state index contributed by atoms with van der Waals surface area (Å²) in [4.78, 5) is 22.4. The zero-order valence-corrected chi connectivity index (χ0v) is 11.2. The van der Waals surface area contributed by atoms with Gasteiger partial charge in [-0.3, -0.25) is 4.79 Å². The fraction of sp³-hybridized carbons (Fsp3) is 0.333. The first-order valence-corrected chi connectivity index (χ1v) is 7.50. The molecule has 0 heterocycles. The van der Waals surface area contributed by atoms with Gasteiger partial charge in [0.25, 0.3) is 5.91 Å². The molecule has 19 heavy (non-hydrogen) atoms. The molecular weight excluding hydrogens is 270 g/mol. The van der Waals surface area contributed by atoms with Crippen LogP contribution in [0, 0.1) is 0 Å². The van der Waals surface area contributed by atoms with Gasteiger partial charge >= 0.3 is 5.97 Å². The van der Waals surface area contributed by atoms with Crippen LogP contribution in [-0.4, -0.2) is 43.5 Å². The summed E-state index contributed by atoms with van der Waals surface area (Å²) in [7, 11) is -3.13. The van der Waals surface area contributed by atoms with Crippen LogP contribution in [0.3, 0.4) is 0 Å². The Morgan fingerprint density at radius 1 is 1.26 bits per heavy atom. The van der Waals surface area contributed by atoms with Crippen LogP contribution in [0.5, 0.6) is 0 Å². The molecule has 0 unspecified atom stereocenters. The van der Waals surface area contributed by atoms with E-state index in [2.05, 4.69) is 5.32 Å². The maximum absolute atomic E-state index is 11.7. The lowest BCUT2D eigenvalue weighted by Crippen LogP contribution is -2.29. The third kappa shape index (κ3) is 4.70. The number of benzene rings is 1. The van der Waals surface area contributed by atoms with E-state index >= 15 is 0 Å². The third-order valence-electron chi connectivity index (χ3n) is 2.51. The van der Waals surface area contributed by atoms with Crippen LogP contribution >= 0.6 is 0 Å². The monoisotopic (exact) mass is 285 g/mol. The van der Waals surface area contributed by atoms with Gasteiger partial charge in [-0.15, -0.1) is 0 Å². The van der Waals surface area contributed by atoms with Crippen molar-refractivity contribution >= 4 is 21.7 Å². The van der Waals surface area contributed by atoms with Crippen LogP contribution in [-0.2, 0) is 9.84 Å². The van der Waals surface area contributed by atoms with Gasteiger partial charge in [0.2, 0.25) is 0 Å². The Morgan fingerprint density at radius 3 is 2.47 bits per heavy atom. The molecule has 2 N–H and O–H groups in total. The van der Waals surface area contributed by atoms with Crippen molar-refractivity contribution in [2.24, 2.45) is 0 Å². The number of nitrogens with one attached hydrogen (secondary N) is 1. The molecule has 0 fully saturated rings. The standard InChI is InChI=1S/C12H15NO5S/c1-2-19(17,18)7-6-13-11(14)9-4-3-5-10(8-9)12(15)16/h3-5,8H,2,6-7H2,1H3,(H,13,14)(H,15,16). The summed E-state index contributed by atoms with van der Waals surface area (Å²) >= 11 is 0. The first-order valence-electron chi connectivity index (χ1n) is 5.67. The van der Waals surface area contributed by atoms with E-state index in [-0.39, 0.29) is 29.2 Å². The molecule has 1 aromatic rings. The van der Waals surface area contributed by atoms with Gasteiger partial charge in [0, 0.05) is 17.9 Å². The van der Waals surface area contributed by atoms with Crippen molar-refractivity contribution in [3.63, 3.8) is 0 Å². The number of carboxylic acid groups (broad SMARTS) is 1. The smallest absolute Gasteiger partial charge is 0.335 e. The van der Waals surface area contributed by atoms with Crippen LogP contribution in [0.25, 0.3) is 0 Å². The van der Waals surface area contributed by atoms with Crippen LogP contribution in [0.15, 0.2) is 24.3 Å². The van der Waals surface area contributed by atoms with E-state index in [1.54, 1.807) is 0 Å². The molecule has 0 atom stereocenters. The maximum atomic E-state index is 11.7. The second-order valence-electron chi connectivity index (χ2n) is 3.88. The minimum absolute atomic E-state index is 0.00626. The van der Waals surface area contributed by atoms with Gasteiger partial charge in [-0.2, -0.15) is 0 Å². The molecule has 0 radical (unpaired) electrons. The minimum atomic E-state index is -3.13. The highest BCUT2D eigenvalue weighted by Gasteiger charge is 2.11. The van der Waals surface area contributed by atoms with Crippen molar-refractivity contribution in [2.75, 3.05) is 18.1 Å². The average molecular weight is 285 g/mol. The predicted octanol–water partition coefficient (Wildman–Crippen LogP) is 0.549. The number of carboxylic acids is 1. The van der Waals surface area contributed by atoms with Gasteiger partial charge < -0.3 is 10.4 Å².